The maximum absolute atomic E-state index is 9.92. The molecule has 0 bridgehead atoms. The number of nitrogens with one attached hydrogen (secondary N) is 1. The fraction of sp³-hybridized carbons (Fsp3) is 0.308. The number of H-pyrrole nitrogens is 1. The number of aromatic amines is 1. The standard InChI is InChI=1S/C13H15BrN2O/c1-8-11(9-4-6-10(14)7-5-9)16-12(15-8)13(2,3)17/h4-7,17H,1-3H3,(H,15,16). The molecule has 0 aliphatic carbocycles. The first kappa shape index (κ1) is 12.3. The summed E-state index contributed by atoms with van der Waals surface area (Å²) >= 11 is 3.41. The molecule has 0 radical (unpaired) electrons. The Morgan fingerprint density at radius 1 is 1.24 bits per heavy atom. The van der Waals surface area contributed by atoms with Crippen LogP contribution in [-0.2, 0) is 5.60 Å². The fourth-order valence-electron chi connectivity index (χ4n) is 1.64. The molecule has 3 nitrogen and oxygen atoms in total. The summed E-state index contributed by atoms with van der Waals surface area (Å²) < 4.78 is 1.04. The van der Waals surface area contributed by atoms with Crippen molar-refractivity contribution in [3.05, 3.63) is 40.3 Å². The third-order valence-electron chi connectivity index (χ3n) is 2.58. The Morgan fingerprint density at radius 2 is 1.82 bits per heavy atom. The van der Waals surface area contributed by atoms with Crippen LogP contribution in [0.25, 0.3) is 11.3 Å². The van der Waals surface area contributed by atoms with Crippen molar-refractivity contribution in [2.24, 2.45) is 0 Å². The van der Waals surface area contributed by atoms with Crippen LogP contribution in [0, 0.1) is 6.92 Å². The molecule has 2 rings (SSSR count). The Balaban J connectivity index is 2.46. The van der Waals surface area contributed by atoms with Crippen LogP contribution in [0.5, 0.6) is 0 Å². The Kier molecular flexibility index (Phi) is 3.10. The number of aryl methyl sites for hydroxylation is 1. The average molecular weight is 295 g/mol. The number of halogens is 1. The lowest BCUT2D eigenvalue weighted by Crippen LogP contribution is -2.17. The molecule has 2 aromatic rings. The summed E-state index contributed by atoms with van der Waals surface area (Å²) in [5, 5.41) is 9.92. The summed E-state index contributed by atoms with van der Waals surface area (Å²) in [5.74, 6) is 0.591. The largest absolute Gasteiger partial charge is 0.383 e. The normalized spacial score (nSPS) is 11.8. The molecule has 90 valence electrons. The van der Waals surface area contributed by atoms with Gasteiger partial charge in [0.15, 0.2) is 0 Å². The summed E-state index contributed by atoms with van der Waals surface area (Å²) in [7, 11) is 0. The summed E-state index contributed by atoms with van der Waals surface area (Å²) in [6.45, 7) is 5.40. The molecule has 1 heterocycles. The van der Waals surface area contributed by atoms with E-state index >= 15 is 0 Å². The van der Waals surface area contributed by atoms with Gasteiger partial charge in [0.25, 0.3) is 0 Å². The first-order chi connectivity index (χ1) is 7.88. The van der Waals surface area contributed by atoms with Crippen LogP contribution < -0.4 is 0 Å². The molecule has 0 aliphatic heterocycles. The van der Waals surface area contributed by atoms with E-state index in [1.807, 2.05) is 31.2 Å². The molecule has 1 aromatic carbocycles. The zero-order valence-electron chi connectivity index (χ0n) is 10.1. The molecule has 0 saturated heterocycles. The third kappa shape index (κ3) is 2.58. The molecule has 17 heavy (non-hydrogen) atoms. The monoisotopic (exact) mass is 294 g/mol. The molecule has 4 heteroatoms. The SMILES string of the molecule is Cc1[nH]c(C(C)(C)O)nc1-c1ccc(Br)cc1. The van der Waals surface area contributed by atoms with Crippen LogP contribution in [0.3, 0.4) is 0 Å². The van der Waals surface area contributed by atoms with Gasteiger partial charge in [0.2, 0.25) is 0 Å². The number of imidazole rings is 1. The second-order valence-electron chi connectivity index (χ2n) is 4.62. The molecule has 0 saturated carbocycles. The maximum atomic E-state index is 9.92. The second kappa shape index (κ2) is 4.27. The van der Waals surface area contributed by atoms with E-state index < -0.39 is 5.60 Å². The molecule has 0 atom stereocenters. The summed E-state index contributed by atoms with van der Waals surface area (Å²) in [6.07, 6.45) is 0. The van der Waals surface area contributed by atoms with Crippen molar-refractivity contribution in [2.75, 3.05) is 0 Å². The molecule has 0 unspecified atom stereocenters. The van der Waals surface area contributed by atoms with E-state index in [0.29, 0.717) is 5.82 Å². The van der Waals surface area contributed by atoms with Gasteiger partial charge in [-0.2, -0.15) is 0 Å². The Bertz CT molecular complexity index is 523. The highest BCUT2D eigenvalue weighted by Gasteiger charge is 2.21. The smallest absolute Gasteiger partial charge is 0.138 e. The average Bonchev–Trinajstić information content (AvgIpc) is 2.61. The fourth-order valence-corrected chi connectivity index (χ4v) is 1.90. The molecule has 0 spiro atoms. The number of hydrogen-bond acceptors (Lipinski definition) is 2. The van der Waals surface area contributed by atoms with Crippen LogP contribution in [0.1, 0.15) is 25.4 Å². The lowest BCUT2D eigenvalue weighted by Gasteiger charge is -2.12. The Labute approximate surface area is 109 Å². The van der Waals surface area contributed by atoms with Gasteiger partial charge in [-0.25, -0.2) is 4.98 Å². The van der Waals surface area contributed by atoms with E-state index in [1.54, 1.807) is 13.8 Å². The van der Waals surface area contributed by atoms with Crippen molar-refractivity contribution < 1.29 is 5.11 Å². The number of hydrogen-bond donors (Lipinski definition) is 2. The van der Waals surface area contributed by atoms with Crippen molar-refractivity contribution in [3.63, 3.8) is 0 Å². The Morgan fingerprint density at radius 3 is 2.29 bits per heavy atom. The van der Waals surface area contributed by atoms with E-state index in [0.717, 1.165) is 21.4 Å². The minimum atomic E-state index is -0.946. The predicted octanol–water partition coefficient (Wildman–Crippen LogP) is 3.38. The van der Waals surface area contributed by atoms with Gasteiger partial charge in [0, 0.05) is 15.7 Å². The number of nitrogens with zero attached hydrogens (tertiary/aromatic N) is 1. The molecular weight excluding hydrogens is 280 g/mol. The molecule has 0 amide bonds. The first-order valence-corrected chi connectivity index (χ1v) is 6.22. The zero-order chi connectivity index (χ0) is 12.6. The number of aliphatic hydroxyl groups is 1. The van der Waals surface area contributed by atoms with Crippen molar-refractivity contribution in [2.45, 2.75) is 26.4 Å². The molecular formula is C13H15BrN2O. The highest BCUT2D eigenvalue weighted by molar-refractivity contribution is 9.10. The van der Waals surface area contributed by atoms with Crippen molar-refractivity contribution >= 4 is 15.9 Å². The summed E-state index contributed by atoms with van der Waals surface area (Å²) in [5.41, 5.74) is 1.94. The van der Waals surface area contributed by atoms with Crippen LogP contribution in [0.15, 0.2) is 28.7 Å². The highest BCUT2D eigenvalue weighted by atomic mass is 79.9. The number of benzene rings is 1. The van der Waals surface area contributed by atoms with Crippen molar-refractivity contribution in [3.8, 4) is 11.3 Å². The van der Waals surface area contributed by atoms with Crippen LogP contribution in [0.2, 0.25) is 0 Å². The molecule has 1 aromatic heterocycles. The maximum Gasteiger partial charge on any atom is 0.138 e. The van der Waals surface area contributed by atoms with Gasteiger partial charge in [-0.3, -0.25) is 0 Å². The van der Waals surface area contributed by atoms with Gasteiger partial charge in [-0.05, 0) is 32.9 Å². The molecule has 2 N–H and O–H groups in total. The molecule has 0 fully saturated rings. The summed E-state index contributed by atoms with van der Waals surface area (Å²) in [4.78, 5) is 7.58. The number of aromatic nitrogens is 2. The van der Waals surface area contributed by atoms with Crippen molar-refractivity contribution in [1.29, 1.82) is 0 Å². The quantitative estimate of drug-likeness (QED) is 0.892. The third-order valence-corrected chi connectivity index (χ3v) is 3.11. The first-order valence-electron chi connectivity index (χ1n) is 5.43. The van der Waals surface area contributed by atoms with E-state index in [2.05, 4.69) is 25.9 Å². The van der Waals surface area contributed by atoms with Crippen molar-refractivity contribution in [1.82, 2.24) is 9.97 Å². The highest BCUT2D eigenvalue weighted by Crippen LogP contribution is 2.26. The lowest BCUT2D eigenvalue weighted by molar-refractivity contribution is 0.0696. The summed E-state index contributed by atoms with van der Waals surface area (Å²) in [6, 6.07) is 7.96. The zero-order valence-corrected chi connectivity index (χ0v) is 11.7. The van der Waals surface area contributed by atoms with Gasteiger partial charge in [0.05, 0.1) is 5.69 Å². The van der Waals surface area contributed by atoms with Gasteiger partial charge in [0.1, 0.15) is 11.4 Å². The Hall–Kier alpha value is -1.13. The van der Waals surface area contributed by atoms with Gasteiger partial charge >= 0.3 is 0 Å². The van der Waals surface area contributed by atoms with E-state index in [-0.39, 0.29) is 0 Å². The van der Waals surface area contributed by atoms with Gasteiger partial charge < -0.3 is 10.1 Å². The predicted molar refractivity (Wildman–Crippen MR) is 71.7 cm³/mol. The minimum absolute atomic E-state index is 0.591. The number of rotatable bonds is 2. The van der Waals surface area contributed by atoms with E-state index in [9.17, 15) is 5.11 Å². The van der Waals surface area contributed by atoms with Crippen LogP contribution in [0.4, 0.5) is 0 Å². The minimum Gasteiger partial charge on any atom is -0.383 e. The lowest BCUT2D eigenvalue weighted by atomic mass is 10.1. The van der Waals surface area contributed by atoms with E-state index in [1.165, 1.54) is 0 Å². The molecule has 0 aliphatic rings. The topological polar surface area (TPSA) is 48.9 Å². The second-order valence-corrected chi connectivity index (χ2v) is 5.54. The van der Waals surface area contributed by atoms with Crippen LogP contribution >= 0.6 is 15.9 Å². The van der Waals surface area contributed by atoms with Gasteiger partial charge in [-0.15, -0.1) is 0 Å². The van der Waals surface area contributed by atoms with Gasteiger partial charge in [-0.1, -0.05) is 28.1 Å². The van der Waals surface area contributed by atoms with E-state index in [4.69, 9.17) is 0 Å². The van der Waals surface area contributed by atoms with Crippen LogP contribution in [-0.4, -0.2) is 15.1 Å².